The van der Waals surface area contributed by atoms with Gasteiger partial charge >= 0.3 is 0 Å². The van der Waals surface area contributed by atoms with E-state index in [1.54, 1.807) is 0 Å². The van der Waals surface area contributed by atoms with E-state index in [1.807, 2.05) is 112 Å². The summed E-state index contributed by atoms with van der Waals surface area (Å²) in [4.78, 5) is 40.0. The Hall–Kier alpha value is -4.30. The number of nitrogens with zero attached hydrogens (tertiary/aromatic N) is 4. The number of aliphatic hydroxyl groups is 1. The van der Waals surface area contributed by atoms with Crippen LogP contribution in [0.1, 0.15) is 71.6 Å². The molecule has 0 unspecified atom stereocenters. The van der Waals surface area contributed by atoms with E-state index in [-0.39, 0.29) is 41.0 Å². The number of hydrogen-bond donors (Lipinski definition) is 1. The third-order valence-corrected chi connectivity index (χ3v) is 16.8. The van der Waals surface area contributed by atoms with Crippen molar-refractivity contribution >= 4 is 47.4 Å². The summed E-state index contributed by atoms with van der Waals surface area (Å²) in [6.45, 7) is 10.7. The van der Waals surface area contributed by atoms with Crippen LogP contribution in [-0.2, 0) is 28.9 Å². The van der Waals surface area contributed by atoms with Gasteiger partial charge in [0.05, 0.1) is 11.6 Å². The number of carbonyl (C=O) groups excluding carboxylic acids is 2. The number of ketones is 2. The van der Waals surface area contributed by atoms with E-state index in [1.165, 1.54) is 0 Å². The smallest absolute Gasteiger partial charge is 0.265 e. The van der Waals surface area contributed by atoms with Gasteiger partial charge in [0, 0.05) is 31.1 Å². The molecule has 0 radical (unpaired) electrons. The predicted molar refractivity (Wildman–Crippen MR) is 216 cm³/mol. The van der Waals surface area contributed by atoms with Crippen molar-refractivity contribution in [2.24, 2.45) is 11.8 Å². The summed E-state index contributed by atoms with van der Waals surface area (Å²) >= 11 is 3.70. The molecule has 0 saturated heterocycles. The summed E-state index contributed by atoms with van der Waals surface area (Å²) in [5, 5.41) is 16.5. The molecule has 13 heteroatoms. The molecule has 0 aliphatic heterocycles. The third kappa shape index (κ3) is 6.52. The molecule has 7 rings (SSSR count). The first-order chi connectivity index (χ1) is 26.0. The molecule has 55 heavy (non-hydrogen) atoms. The maximum absolute atomic E-state index is 15.8. The van der Waals surface area contributed by atoms with Gasteiger partial charge in [-0.05, 0) is 83.2 Å². The molecule has 2 aromatic heterocycles. The van der Waals surface area contributed by atoms with Crippen LogP contribution >= 0.6 is 15.9 Å². The fourth-order valence-electron chi connectivity index (χ4n) is 8.01. The molecular weight excluding hydrogens is 780 g/mol. The lowest BCUT2D eigenvalue weighted by Crippen LogP contribution is -2.68. The molecule has 290 valence electrons. The quantitative estimate of drug-likeness (QED) is 0.0942. The van der Waals surface area contributed by atoms with Crippen LogP contribution in [0.15, 0.2) is 75.4 Å². The van der Waals surface area contributed by atoms with Gasteiger partial charge in [0.25, 0.3) is 5.88 Å². The van der Waals surface area contributed by atoms with Crippen molar-refractivity contribution in [3.63, 3.8) is 0 Å². The summed E-state index contributed by atoms with van der Waals surface area (Å²) in [6, 6.07) is 18.7. The Kier molecular flexibility index (Phi) is 10.1. The monoisotopic (exact) mass is 828 g/mol. The van der Waals surface area contributed by atoms with Crippen LogP contribution in [0.2, 0.25) is 18.1 Å². The largest absolute Gasteiger partial charge is 0.507 e. The number of aliphatic hydroxyl groups excluding tert-OH is 1. The van der Waals surface area contributed by atoms with Gasteiger partial charge in [-0.3, -0.25) is 14.5 Å². The molecule has 1 saturated carbocycles. The molecule has 1 N–H and O–H groups in total. The fraction of sp³-hybridized carbons (Fsp3) is 0.429. The van der Waals surface area contributed by atoms with Crippen molar-refractivity contribution in [3.05, 3.63) is 104 Å². The number of hydrogen-bond acceptors (Lipinski definition) is 11. The summed E-state index contributed by atoms with van der Waals surface area (Å²) in [7, 11) is 4.60. The number of Topliss-reactive ketones (excluding diaryl/α,β-unsaturated/α-hetero) is 2. The molecule has 2 heterocycles. The highest BCUT2D eigenvalue weighted by atomic mass is 79.9. The van der Waals surface area contributed by atoms with E-state index >= 15 is 9.59 Å². The molecule has 1 fully saturated rings. The minimum absolute atomic E-state index is 0.0108. The van der Waals surface area contributed by atoms with Crippen molar-refractivity contribution in [3.8, 4) is 11.6 Å². The molecule has 2 aromatic carbocycles. The summed E-state index contributed by atoms with van der Waals surface area (Å²) in [5.74, 6) is -1.28. The van der Waals surface area contributed by atoms with Crippen LogP contribution in [0.25, 0.3) is 5.76 Å². The van der Waals surface area contributed by atoms with Crippen LogP contribution in [0.5, 0.6) is 11.6 Å². The zero-order chi connectivity index (χ0) is 39.6. The zero-order valence-electron chi connectivity index (χ0n) is 32.9. The third-order valence-electron chi connectivity index (χ3n) is 11.7. The van der Waals surface area contributed by atoms with Crippen molar-refractivity contribution in [1.29, 1.82) is 0 Å². The highest BCUT2D eigenvalue weighted by molar-refractivity contribution is 9.10. The number of benzene rings is 2. The van der Waals surface area contributed by atoms with Crippen molar-refractivity contribution < 1.29 is 33.1 Å². The van der Waals surface area contributed by atoms with Gasteiger partial charge in [-0.15, -0.1) is 0 Å². The van der Waals surface area contributed by atoms with E-state index in [0.717, 1.165) is 16.7 Å². The average Bonchev–Trinajstić information content (AvgIpc) is 3.55. The minimum atomic E-state index is -2.90. The molecule has 4 atom stereocenters. The number of anilines is 1. The molecule has 0 bridgehead atoms. The Bertz CT molecular complexity index is 2160. The number of fused-ring (bicyclic) bond motifs is 4. The van der Waals surface area contributed by atoms with E-state index in [9.17, 15) is 5.11 Å². The van der Waals surface area contributed by atoms with Gasteiger partial charge in [-0.1, -0.05) is 81.4 Å². The minimum Gasteiger partial charge on any atom is -0.507 e. The Morgan fingerprint density at radius 3 is 2.09 bits per heavy atom. The van der Waals surface area contributed by atoms with Gasteiger partial charge in [-0.2, -0.15) is 0 Å². The molecule has 0 spiro atoms. The second-order valence-corrected chi connectivity index (χ2v) is 22.2. The maximum Gasteiger partial charge on any atom is 0.265 e. The average molecular weight is 830 g/mol. The first-order valence-electron chi connectivity index (χ1n) is 18.6. The summed E-state index contributed by atoms with van der Waals surface area (Å²) < 4.78 is 26.5. The summed E-state index contributed by atoms with van der Waals surface area (Å²) in [5.41, 5.74) is 1.18. The lowest BCUT2D eigenvalue weighted by Gasteiger charge is -2.55. The lowest BCUT2D eigenvalue weighted by atomic mass is 9.57. The standard InChI is InChI=1S/C42H49BrN4O7Si/c1-41(2,3)55(8,9)54-42-28(32(46(4)5)34-31(37(42)50)40(45-53-34)52-23-25-18-14-11-15-19-25)21-26-20-27-30(33(48)29(26)36(42)49)35(39(47(6)7)44-38(27)43)51-22-24-16-12-10-13-17-24/h10-19,26,28,32,48H,20-23H2,1-9H3/t26-,28-,32-,42-/m0/s1. The number of pyridine rings is 1. The van der Waals surface area contributed by atoms with Crippen molar-refractivity contribution in [2.45, 2.75) is 76.6 Å². The molecule has 0 amide bonds. The number of ether oxygens (including phenoxy) is 2. The lowest BCUT2D eigenvalue weighted by molar-refractivity contribution is -0.140. The number of carbonyl (C=O) groups is 2. The normalized spacial score (nSPS) is 22.2. The second kappa shape index (κ2) is 14.3. The van der Waals surface area contributed by atoms with Crippen LogP contribution in [0.4, 0.5) is 5.82 Å². The Balaban J connectivity index is 1.43. The number of aromatic nitrogens is 2. The fourth-order valence-corrected chi connectivity index (χ4v) is 9.99. The van der Waals surface area contributed by atoms with Crippen LogP contribution < -0.4 is 14.4 Å². The first-order valence-corrected chi connectivity index (χ1v) is 22.3. The topological polar surface area (TPSA) is 127 Å². The van der Waals surface area contributed by atoms with E-state index in [4.69, 9.17) is 23.4 Å². The predicted octanol–water partition coefficient (Wildman–Crippen LogP) is 8.35. The maximum atomic E-state index is 15.8. The van der Waals surface area contributed by atoms with Crippen molar-refractivity contribution in [1.82, 2.24) is 15.0 Å². The molecule has 3 aliphatic carbocycles. The second-order valence-electron chi connectivity index (χ2n) is 16.7. The Morgan fingerprint density at radius 1 is 0.927 bits per heavy atom. The van der Waals surface area contributed by atoms with Gasteiger partial charge in [-0.25, -0.2) is 4.98 Å². The molecular formula is C42H49BrN4O7Si. The Morgan fingerprint density at radius 2 is 1.53 bits per heavy atom. The van der Waals surface area contributed by atoms with Gasteiger partial charge < -0.3 is 28.4 Å². The van der Waals surface area contributed by atoms with Crippen LogP contribution in [0, 0.1) is 11.8 Å². The van der Waals surface area contributed by atoms with Crippen molar-refractivity contribution in [2.75, 3.05) is 33.1 Å². The zero-order valence-corrected chi connectivity index (χ0v) is 35.5. The number of halogens is 1. The van der Waals surface area contributed by atoms with Crippen LogP contribution in [-0.4, -0.2) is 73.8 Å². The van der Waals surface area contributed by atoms with Gasteiger partial charge in [0.1, 0.15) is 29.1 Å². The Labute approximate surface area is 331 Å². The highest BCUT2D eigenvalue weighted by Crippen LogP contribution is 2.59. The summed E-state index contributed by atoms with van der Waals surface area (Å²) in [6.07, 6.45) is 0.718. The first kappa shape index (κ1) is 39.0. The SMILES string of the molecule is CN(C)c1nc(Br)c2c(c1OCc1ccccc1)C(O)=C1C(=O)[C@]3(O[Si](C)(C)C(C)(C)C)C(=O)c4c(OCc5ccccc5)noc4[C@@H](N(C)C)[C@@H]3C[C@@H]1C2. The van der Waals surface area contributed by atoms with E-state index < -0.39 is 43.4 Å². The number of rotatable bonds is 10. The van der Waals surface area contributed by atoms with Gasteiger partial charge in [0.15, 0.2) is 31.2 Å². The van der Waals surface area contributed by atoms with E-state index in [2.05, 4.69) is 41.9 Å². The highest BCUT2D eigenvalue weighted by Gasteiger charge is 2.69. The van der Waals surface area contributed by atoms with Gasteiger partial charge in [0.2, 0.25) is 11.6 Å². The van der Waals surface area contributed by atoms with E-state index in [0.29, 0.717) is 40.3 Å². The molecule has 11 nitrogen and oxygen atoms in total. The molecule has 3 aliphatic rings. The van der Waals surface area contributed by atoms with Crippen LogP contribution in [0.3, 0.4) is 0 Å². The molecule has 4 aromatic rings.